The van der Waals surface area contributed by atoms with E-state index in [-0.39, 0.29) is 0 Å². The molecule has 1 amide bonds. The van der Waals surface area contributed by atoms with Crippen LogP contribution in [-0.2, 0) is 9.53 Å². The van der Waals surface area contributed by atoms with Crippen LogP contribution in [0, 0.1) is 5.41 Å². The summed E-state index contributed by atoms with van der Waals surface area (Å²) in [5, 5.41) is 0. The highest BCUT2D eigenvalue weighted by molar-refractivity contribution is 5.76. The summed E-state index contributed by atoms with van der Waals surface area (Å²) in [7, 11) is 2.26. The Kier molecular flexibility index (Phi) is 6.34. The number of benzene rings is 1. The number of likely N-dealkylation sites (N-methyl/N-ethyl adjacent to an activating group) is 1. The maximum Gasteiger partial charge on any atom is 0.223 e. The maximum absolute atomic E-state index is 12.7. The zero-order valence-electron chi connectivity index (χ0n) is 17.3. The molecule has 3 heterocycles. The summed E-state index contributed by atoms with van der Waals surface area (Å²) in [4.78, 5) is 19.7. The van der Waals surface area contributed by atoms with Crippen LogP contribution in [0.4, 0.5) is 0 Å². The molecule has 3 saturated heterocycles. The summed E-state index contributed by atoms with van der Waals surface area (Å²) >= 11 is 0. The molecule has 154 valence electrons. The lowest BCUT2D eigenvalue weighted by molar-refractivity contribution is -0.134. The van der Waals surface area contributed by atoms with E-state index in [9.17, 15) is 4.79 Å². The first-order valence-electron chi connectivity index (χ1n) is 10.9. The number of carbonyl (C=O) groups excluding carboxylic acids is 1. The fourth-order valence-corrected chi connectivity index (χ4v) is 5.44. The van der Waals surface area contributed by atoms with E-state index in [2.05, 4.69) is 52.1 Å². The van der Waals surface area contributed by atoms with Crippen molar-refractivity contribution >= 4 is 5.91 Å². The molecule has 1 spiro atoms. The normalized spacial score (nSPS) is 26.5. The van der Waals surface area contributed by atoms with Gasteiger partial charge in [-0.1, -0.05) is 30.3 Å². The van der Waals surface area contributed by atoms with E-state index >= 15 is 0 Å². The number of ether oxygens (including phenoxy) is 1. The topological polar surface area (TPSA) is 36.0 Å². The van der Waals surface area contributed by atoms with Crippen molar-refractivity contribution in [2.75, 3.05) is 66.1 Å². The summed E-state index contributed by atoms with van der Waals surface area (Å²) in [6, 6.07) is 11.0. The molecule has 0 bridgehead atoms. The summed E-state index contributed by atoms with van der Waals surface area (Å²) < 4.78 is 5.39. The minimum Gasteiger partial charge on any atom is -0.379 e. The van der Waals surface area contributed by atoms with Crippen LogP contribution >= 0.6 is 0 Å². The Labute approximate surface area is 169 Å². The van der Waals surface area contributed by atoms with E-state index in [1.54, 1.807) is 0 Å². The largest absolute Gasteiger partial charge is 0.379 e. The van der Waals surface area contributed by atoms with E-state index < -0.39 is 0 Å². The Morgan fingerprint density at radius 3 is 2.54 bits per heavy atom. The zero-order chi connectivity index (χ0) is 19.4. The molecule has 0 N–H and O–H groups in total. The molecule has 0 saturated carbocycles. The molecule has 1 aromatic rings. The molecule has 5 nitrogen and oxygen atoms in total. The average Bonchev–Trinajstić information content (AvgIpc) is 2.73. The molecule has 3 fully saturated rings. The predicted molar refractivity (Wildman–Crippen MR) is 111 cm³/mol. The Hall–Kier alpha value is -1.43. The molecule has 5 heteroatoms. The van der Waals surface area contributed by atoms with Crippen LogP contribution in [0.25, 0.3) is 0 Å². The Bertz CT molecular complexity index is 637. The van der Waals surface area contributed by atoms with Gasteiger partial charge in [-0.15, -0.1) is 0 Å². The van der Waals surface area contributed by atoms with Crippen molar-refractivity contribution in [2.24, 2.45) is 5.41 Å². The van der Waals surface area contributed by atoms with Crippen LogP contribution in [0.15, 0.2) is 30.3 Å². The van der Waals surface area contributed by atoms with Gasteiger partial charge in [-0.05, 0) is 43.2 Å². The number of carbonyl (C=O) groups is 1. The number of morpholine rings is 1. The highest BCUT2D eigenvalue weighted by atomic mass is 16.5. The van der Waals surface area contributed by atoms with E-state index in [1.165, 1.54) is 18.5 Å². The maximum atomic E-state index is 12.7. The van der Waals surface area contributed by atoms with Gasteiger partial charge in [0.15, 0.2) is 0 Å². The standard InChI is InChI=1S/C23H35N3O2/c1-24-18-21(20-5-3-2-4-6-20)17-23(19-24)8-11-26(12-9-23)22(27)7-10-25-13-15-28-16-14-25/h2-6,21H,7-19H2,1H3/t21-/m1/s1. The number of amides is 1. The molecular weight excluding hydrogens is 350 g/mol. The minimum atomic E-state index is 0.338. The molecule has 3 aliphatic heterocycles. The van der Waals surface area contributed by atoms with Gasteiger partial charge in [0.1, 0.15) is 0 Å². The molecule has 0 aliphatic carbocycles. The molecule has 3 aliphatic rings. The van der Waals surface area contributed by atoms with Gasteiger partial charge < -0.3 is 14.5 Å². The average molecular weight is 386 g/mol. The lowest BCUT2D eigenvalue weighted by Gasteiger charge is -2.49. The van der Waals surface area contributed by atoms with E-state index in [0.29, 0.717) is 23.7 Å². The summed E-state index contributed by atoms with van der Waals surface area (Å²) in [5.41, 5.74) is 1.84. The number of hydrogen-bond acceptors (Lipinski definition) is 4. The Balaban J connectivity index is 1.30. The summed E-state index contributed by atoms with van der Waals surface area (Å²) in [5.74, 6) is 0.952. The van der Waals surface area contributed by atoms with Crippen LogP contribution in [-0.4, -0.2) is 86.7 Å². The number of piperidine rings is 2. The molecular formula is C23H35N3O2. The quantitative estimate of drug-likeness (QED) is 0.798. The summed E-state index contributed by atoms with van der Waals surface area (Å²) in [6.07, 6.45) is 4.20. The lowest BCUT2D eigenvalue weighted by Crippen LogP contribution is -2.51. The van der Waals surface area contributed by atoms with Crippen molar-refractivity contribution in [2.45, 2.75) is 31.6 Å². The second-order valence-electron chi connectivity index (χ2n) is 9.09. The first-order valence-corrected chi connectivity index (χ1v) is 10.9. The highest BCUT2D eigenvalue weighted by Crippen LogP contribution is 2.44. The van der Waals surface area contributed by atoms with Gasteiger partial charge in [0.25, 0.3) is 0 Å². The SMILES string of the molecule is CN1C[C@H](c2ccccc2)CC2(CCN(C(=O)CCN3CCOCC3)CC2)C1. The van der Waals surface area contributed by atoms with E-state index in [4.69, 9.17) is 4.74 Å². The van der Waals surface area contributed by atoms with Crippen LogP contribution < -0.4 is 0 Å². The number of likely N-dealkylation sites (tertiary alicyclic amines) is 2. The molecule has 0 unspecified atom stereocenters. The van der Waals surface area contributed by atoms with E-state index in [1.807, 2.05) is 0 Å². The molecule has 0 aromatic heterocycles. The monoisotopic (exact) mass is 385 g/mol. The second kappa shape index (κ2) is 8.93. The molecule has 4 rings (SSSR count). The summed E-state index contributed by atoms with van der Waals surface area (Å²) in [6.45, 7) is 8.58. The van der Waals surface area contributed by atoms with Crippen LogP contribution in [0.3, 0.4) is 0 Å². The smallest absolute Gasteiger partial charge is 0.223 e. The minimum absolute atomic E-state index is 0.338. The van der Waals surface area contributed by atoms with Gasteiger partial charge in [0.05, 0.1) is 13.2 Å². The van der Waals surface area contributed by atoms with Gasteiger partial charge in [-0.25, -0.2) is 0 Å². The lowest BCUT2D eigenvalue weighted by atomic mass is 9.68. The zero-order valence-corrected chi connectivity index (χ0v) is 17.3. The Morgan fingerprint density at radius 1 is 1.11 bits per heavy atom. The van der Waals surface area contributed by atoms with Crippen molar-refractivity contribution in [3.8, 4) is 0 Å². The van der Waals surface area contributed by atoms with Gasteiger partial charge >= 0.3 is 0 Å². The van der Waals surface area contributed by atoms with Crippen LogP contribution in [0.1, 0.15) is 37.2 Å². The molecule has 0 radical (unpaired) electrons. The molecule has 28 heavy (non-hydrogen) atoms. The number of hydrogen-bond donors (Lipinski definition) is 0. The van der Waals surface area contributed by atoms with Crippen LogP contribution in [0.5, 0.6) is 0 Å². The third-order valence-electron chi connectivity index (χ3n) is 7.01. The van der Waals surface area contributed by atoms with Crippen molar-refractivity contribution in [3.63, 3.8) is 0 Å². The fraction of sp³-hybridized carbons (Fsp3) is 0.696. The van der Waals surface area contributed by atoms with E-state index in [0.717, 1.165) is 65.3 Å². The third-order valence-corrected chi connectivity index (χ3v) is 7.01. The predicted octanol–water partition coefficient (Wildman–Crippen LogP) is 2.44. The first kappa shape index (κ1) is 19.9. The van der Waals surface area contributed by atoms with Gasteiger partial charge in [-0.3, -0.25) is 9.69 Å². The third kappa shape index (κ3) is 4.76. The van der Waals surface area contributed by atoms with Gasteiger partial charge in [-0.2, -0.15) is 0 Å². The molecule has 1 aromatic carbocycles. The fourth-order valence-electron chi connectivity index (χ4n) is 5.44. The van der Waals surface area contributed by atoms with Crippen LogP contribution in [0.2, 0.25) is 0 Å². The van der Waals surface area contributed by atoms with Gasteiger partial charge in [0, 0.05) is 52.2 Å². The first-order chi connectivity index (χ1) is 13.6. The second-order valence-corrected chi connectivity index (χ2v) is 9.09. The van der Waals surface area contributed by atoms with Crippen molar-refractivity contribution in [1.29, 1.82) is 0 Å². The van der Waals surface area contributed by atoms with Crippen molar-refractivity contribution < 1.29 is 9.53 Å². The number of rotatable bonds is 4. The number of nitrogens with zero attached hydrogens (tertiary/aromatic N) is 3. The van der Waals surface area contributed by atoms with Gasteiger partial charge in [0.2, 0.25) is 5.91 Å². The molecule has 1 atom stereocenters. The highest BCUT2D eigenvalue weighted by Gasteiger charge is 2.41. The van der Waals surface area contributed by atoms with Crippen molar-refractivity contribution in [1.82, 2.24) is 14.7 Å². The Morgan fingerprint density at radius 2 is 1.82 bits per heavy atom. The van der Waals surface area contributed by atoms with Crippen molar-refractivity contribution in [3.05, 3.63) is 35.9 Å².